The molecule has 2 aliphatic heterocycles. The Kier molecular flexibility index (Phi) is 10.4. The van der Waals surface area contributed by atoms with Gasteiger partial charge in [0.1, 0.15) is 0 Å². The standard InChI is InChI=1S/C22H26N2O2S.C12H14N2.C2HF3O2/c1-22(2,3)18-8-10-19(11-9-18)27(25,26)24-15-12-20-17(6-4-7-21(20)24)16-23-13-5-14-23;1-3-10(9-14-7-2-8-14)11-5-6-13-12(11)4-1;3-2(4,5)1(6)7/h4,6-12,15H,5,13-14,16H2,1-3H3;1,3-6,13H,2,7-9H2;(H,6,7). The van der Waals surface area contributed by atoms with Gasteiger partial charge in [0.2, 0.25) is 0 Å². The maximum absolute atomic E-state index is 13.2. The minimum absolute atomic E-state index is 0.00576. The minimum atomic E-state index is -5.08. The molecule has 12 heteroatoms. The molecule has 5 aromatic rings. The zero-order valence-electron chi connectivity index (χ0n) is 27.3. The highest BCUT2D eigenvalue weighted by atomic mass is 32.2. The van der Waals surface area contributed by atoms with Gasteiger partial charge < -0.3 is 10.1 Å². The fraction of sp³-hybridized carbons (Fsp3) is 0.361. The van der Waals surface area contributed by atoms with E-state index in [-0.39, 0.29) is 5.41 Å². The van der Waals surface area contributed by atoms with Crippen LogP contribution in [-0.2, 0) is 33.3 Å². The molecule has 2 saturated heterocycles. The van der Waals surface area contributed by atoms with Gasteiger partial charge in [-0.15, -0.1) is 0 Å². The van der Waals surface area contributed by atoms with Gasteiger partial charge in [-0.2, -0.15) is 13.2 Å². The number of aliphatic carboxylic acids is 1. The van der Waals surface area contributed by atoms with Crippen LogP contribution in [-0.4, -0.2) is 70.6 Å². The summed E-state index contributed by atoms with van der Waals surface area (Å²) in [5.41, 5.74) is 5.74. The van der Waals surface area contributed by atoms with Gasteiger partial charge in [0, 0.05) is 41.8 Å². The van der Waals surface area contributed by atoms with Crippen LogP contribution in [0.4, 0.5) is 13.2 Å². The largest absolute Gasteiger partial charge is 0.490 e. The number of rotatable bonds is 6. The molecule has 256 valence electrons. The Bertz CT molecular complexity index is 1970. The van der Waals surface area contributed by atoms with E-state index in [1.54, 1.807) is 18.3 Å². The van der Waals surface area contributed by atoms with E-state index in [0.717, 1.165) is 42.6 Å². The SMILES string of the molecule is CC(C)(C)c1ccc(S(=O)(=O)n2ccc3c(CN4CCC4)cccc32)cc1.O=C(O)C(F)(F)F.c1cc(CN2CCC2)c2cc[nH]c2c1. The fourth-order valence-corrected chi connectivity index (χ4v) is 6.99. The van der Waals surface area contributed by atoms with Crippen LogP contribution in [0.1, 0.15) is 50.3 Å². The first kappa shape index (κ1) is 35.2. The van der Waals surface area contributed by atoms with Crippen LogP contribution in [0.3, 0.4) is 0 Å². The second-order valence-corrected chi connectivity index (χ2v) is 15.0. The number of aromatic nitrogens is 2. The summed E-state index contributed by atoms with van der Waals surface area (Å²) in [5, 5.41) is 9.51. The smallest absolute Gasteiger partial charge is 0.475 e. The predicted molar refractivity (Wildman–Crippen MR) is 181 cm³/mol. The van der Waals surface area contributed by atoms with Crippen molar-refractivity contribution < 1.29 is 31.5 Å². The van der Waals surface area contributed by atoms with Crippen LogP contribution in [0, 0.1) is 0 Å². The van der Waals surface area contributed by atoms with Crippen LogP contribution >= 0.6 is 0 Å². The second kappa shape index (κ2) is 14.2. The van der Waals surface area contributed by atoms with Crippen LogP contribution in [0.5, 0.6) is 0 Å². The third-order valence-corrected chi connectivity index (χ3v) is 10.4. The number of nitrogens with one attached hydrogen (secondary N) is 1. The molecular weight excluding hydrogens is 641 g/mol. The number of hydrogen-bond acceptors (Lipinski definition) is 5. The highest BCUT2D eigenvalue weighted by molar-refractivity contribution is 7.90. The molecule has 7 rings (SSSR count). The summed E-state index contributed by atoms with van der Waals surface area (Å²) in [6, 6.07) is 23.8. The lowest BCUT2D eigenvalue weighted by molar-refractivity contribution is -0.192. The lowest BCUT2D eigenvalue weighted by Gasteiger charge is -2.30. The molecule has 0 saturated carbocycles. The number of carboxylic acids is 1. The highest BCUT2D eigenvalue weighted by Gasteiger charge is 2.38. The molecule has 0 radical (unpaired) electrons. The Morgan fingerprint density at radius 3 is 1.83 bits per heavy atom. The summed E-state index contributed by atoms with van der Waals surface area (Å²) >= 11 is 0. The van der Waals surface area contributed by atoms with Gasteiger partial charge in [-0.25, -0.2) is 17.2 Å². The molecule has 8 nitrogen and oxygen atoms in total. The first-order chi connectivity index (χ1) is 22.6. The molecule has 2 aromatic heterocycles. The summed E-state index contributed by atoms with van der Waals surface area (Å²) < 4.78 is 59.6. The summed E-state index contributed by atoms with van der Waals surface area (Å²) in [5.74, 6) is -2.76. The molecule has 0 amide bonds. The first-order valence-corrected chi connectivity index (χ1v) is 17.3. The number of fused-ring (bicyclic) bond motifs is 2. The number of benzene rings is 3. The van der Waals surface area contributed by atoms with Gasteiger partial charge >= 0.3 is 12.1 Å². The Morgan fingerprint density at radius 1 is 0.792 bits per heavy atom. The number of alkyl halides is 3. The molecule has 2 fully saturated rings. The van der Waals surface area contributed by atoms with Gasteiger partial charge in [-0.3, -0.25) is 9.80 Å². The van der Waals surface area contributed by atoms with E-state index < -0.39 is 22.2 Å². The molecule has 48 heavy (non-hydrogen) atoms. The van der Waals surface area contributed by atoms with E-state index in [1.165, 1.54) is 51.9 Å². The molecule has 0 spiro atoms. The number of hydrogen-bond donors (Lipinski definition) is 2. The lowest BCUT2D eigenvalue weighted by Crippen LogP contribution is -2.36. The third-order valence-electron chi connectivity index (χ3n) is 8.68. The van der Waals surface area contributed by atoms with Crippen molar-refractivity contribution in [1.82, 2.24) is 18.8 Å². The molecule has 0 unspecified atom stereocenters. The molecular formula is C36H41F3N4O4S. The number of carboxylic acid groups (broad SMARTS) is 1. The van der Waals surface area contributed by atoms with Crippen molar-refractivity contribution in [3.05, 3.63) is 102 Å². The van der Waals surface area contributed by atoms with Crippen molar-refractivity contribution in [1.29, 1.82) is 0 Å². The topological polar surface area (TPSA) is 98.6 Å². The van der Waals surface area contributed by atoms with E-state index in [2.05, 4.69) is 65.9 Å². The maximum atomic E-state index is 13.2. The van der Waals surface area contributed by atoms with Crippen molar-refractivity contribution in [2.24, 2.45) is 0 Å². The van der Waals surface area contributed by atoms with E-state index in [0.29, 0.717) is 4.90 Å². The molecule has 3 aromatic carbocycles. The molecule has 2 aliphatic rings. The third kappa shape index (κ3) is 8.11. The van der Waals surface area contributed by atoms with Crippen LogP contribution in [0.25, 0.3) is 21.8 Å². The number of halogens is 3. The Labute approximate surface area is 278 Å². The van der Waals surface area contributed by atoms with Crippen molar-refractivity contribution in [3.8, 4) is 0 Å². The first-order valence-electron chi connectivity index (χ1n) is 15.9. The molecule has 0 bridgehead atoms. The van der Waals surface area contributed by atoms with Crippen molar-refractivity contribution in [2.45, 2.75) is 63.2 Å². The average Bonchev–Trinajstić information content (AvgIpc) is 3.65. The van der Waals surface area contributed by atoms with E-state index in [9.17, 15) is 21.6 Å². The Hall–Kier alpha value is -4.13. The monoisotopic (exact) mass is 682 g/mol. The Balaban J connectivity index is 0.000000177. The fourth-order valence-electron chi connectivity index (χ4n) is 5.64. The van der Waals surface area contributed by atoms with Crippen LogP contribution in [0.2, 0.25) is 0 Å². The van der Waals surface area contributed by atoms with Gasteiger partial charge in [0.05, 0.1) is 10.4 Å². The number of nitrogens with zero attached hydrogens (tertiary/aromatic N) is 3. The molecule has 0 atom stereocenters. The van der Waals surface area contributed by atoms with E-state index in [4.69, 9.17) is 9.90 Å². The predicted octanol–water partition coefficient (Wildman–Crippen LogP) is 7.39. The Morgan fingerprint density at radius 2 is 1.33 bits per heavy atom. The zero-order chi connectivity index (χ0) is 34.7. The second-order valence-electron chi connectivity index (χ2n) is 13.2. The van der Waals surface area contributed by atoms with Crippen LogP contribution < -0.4 is 0 Å². The molecule has 4 heterocycles. The van der Waals surface area contributed by atoms with E-state index in [1.807, 2.05) is 36.5 Å². The minimum Gasteiger partial charge on any atom is -0.475 e. The number of H-pyrrole nitrogens is 1. The van der Waals surface area contributed by atoms with Gasteiger partial charge in [-0.05, 0) is 97.5 Å². The summed E-state index contributed by atoms with van der Waals surface area (Å²) in [6.07, 6.45) is 1.22. The average molecular weight is 683 g/mol. The summed E-state index contributed by atoms with van der Waals surface area (Å²) in [7, 11) is -3.62. The zero-order valence-corrected chi connectivity index (χ0v) is 28.1. The van der Waals surface area contributed by atoms with Gasteiger partial charge in [0.15, 0.2) is 0 Å². The van der Waals surface area contributed by atoms with Crippen molar-refractivity contribution >= 4 is 37.8 Å². The highest BCUT2D eigenvalue weighted by Crippen LogP contribution is 2.29. The normalized spacial score (nSPS) is 15.5. The van der Waals surface area contributed by atoms with Gasteiger partial charge in [-0.1, -0.05) is 57.2 Å². The van der Waals surface area contributed by atoms with Gasteiger partial charge in [0.25, 0.3) is 10.0 Å². The summed E-state index contributed by atoms with van der Waals surface area (Å²) in [4.78, 5) is 17.3. The summed E-state index contributed by atoms with van der Waals surface area (Å²) in [6.45, 7) is 13.1. The maximum Gasteiger partial charge on any atom is 0.490 e. The molecule has 0 aliphatic carbocycles. The quantitative estimate of drug-likeness (QED) is 0.194. The van der Waals surface area contributed by atoms with E-state index >= 15 is 0 Å². The number of likely N-dealkylation sites (tertiary alicyclic amines) is 2. The van der Waals surface area contributed by atoms with Crippen molar-refractivity contribution in [3.63, 3.8) is 0 Å². The van der Waals surface area contributed by atoms with Crippen LogP contribution in [0.15, 0.2) is 90.1 Å². The lowest BCUT2D eigenvalue weighted by atomic mass is 9.87. The number of aromatic amines is 1. The van der Waals surface area contributed by atoms with Crippen molar-refractivity contribution in [2.75, 3.05) is 26.2 Å². The number of carbonyl (C=O) groups is 1. The molecule has 2 N–H and O–H groups in total.